The monoisotopic (exact) mass is 444 g/mol. The van der Waals surface area contributed by atoms with Crippen molar-refractivity contribution in [1.82, 2.24) is 20.0 Å². The normalized spacial score (nSPS) is 13.4. The van der Waals surface area contributed by atoms with Gasteiger partial charge in [-0.2, -0.15) is 5.10 Å². The molecule has 7 nitrogen and oxygen atoms in total. The Hall–Kier alpha value is -2.97. The first kappa shape index (κ1) is 21.3. The number of aliphatic hydroxyl groups excluding tert-OH is 1. The highest BCUT2D eigenvalue weighted by atomic mass is 35.5. The number of fused-ring (bicyclic) bond motifs is 1. The summed E-state index contributed by atoms with van der Waals surface area (Å²) >= 11 is 5.77. The zero-order valence-electron chi connectivity index (χ0n) is 16.7. The second kappa shape index (κ2) is 9.03. The van der Waals surface area contributed by atoms with Gasteiger partial charge < -0.3 is 15.3 Å². The minimum atomic E-state index is -0.561. The molecule has 162 valence electrons. The molecule has 0 radical (unpaired) electrons. The number of halogens is 2. The molecule has 0 saturated heterocycles. The summed E-state index contributed by atoms with van der Waals surface area (Å²) in [5, 5.41) is 17.0. The van der Waals surface area contributed by atoms with Crippen molar-refractivity contribution in [3.8, 4) is 0 Å². The zero-order chi connectivity index (χ0) is 22.0. The lowest BCUT2D eigenvalue weighted by molar-refractivity contribution is -0.137. The van der Waals surface area contributed by atoms with Crippen LogP contribution in [0, 0.1) is 5.82 Å². The van der Waals surface area contributed by atoms with Gasteiger partial charge in [0.15, 0.2) is 0 Å². The van der Waals surface area contributed by atoms with Crippen LogP contribution in [-0.4, -0.2) is 44.2 Å². The van der Waals surface area contributed by atoms with Gasteiger partial charge in [0.25, 0.3) is 0 Å². The summed E-state index contributed by atoms with van der Waals surface area (Å²) in [4.78, 5) is 26.9. The molecule has 1 aromatic heterocycles. The number of nitrogens with zero attached hydrogens (tertiary/aromatic N) is 3. The molecule has 2 amide bonds. The molecule has 1 fully saturated rings. The molecule has 2 N–H and O–H groups in total. The van der Waals surface area contributed by atoms with Crippen molar-refractivity contribution in [2.75, 3.05) is 6.54 Å². The molecule has 31 heavy (non-hydrogen) atoms. The van der Waals surface area contributed by atoms with Gasteiger partial charge in [-0.05, 0) is 36.6 Å². The standard InChI is InChI=1S/C22H22ClFN4O3/c23-18-3-1-2-15(22(18)24)9-25-20(30)11-27(17-5-6-17)21(31)12-28-19-7-4-14(13-29)8-16(19)10-26-28/h1-4,7-8,10,17,29H,5-6,9,11-13H2,(H,25,30). The molecule has 0 unspecified atom stereocenters. The van der Waals surface area contributed by atoms with Crippen LogP contribution in [0.25, 0.3) is 10.9 Å². The van der Waals surface area contributed by atoms with E-state index < -0.39 is 5.82 Å². The quantitative estimate of drug-likeness (QED) is 0.559. The van der Waals surface area contributed by atoms with Crippen molar-refractivity contribution in [1.29, 1.82) is 0 Å². The molecule has 9 heteroatoms. The van der Waals surface area contributed by atoms with Gasteiger partial charge >= 0.3 is 0 Å². The Bertz CT molecular complexity index is 1130. The van der Waals surface area contributed by atoms with Crippen LogP contribution in [0.3, 0.4) is 0 Å². The predicted octanol–water partition coefficient (Wildman–Crippen LogP) is 2.63. The SMILES string of the molecule is O=C(CN(C(=O)Cn1ncc2cc(CO)ccc21)C1CC1)NCc1cccc(Cl)c1F. The lowest BCUT2D eigenvalue weighted by Gasteiger charge is -2.22. The topological polar surface area (TPSA) is 87.5 Å². The van der Waals surface area contributed by atoms with E-state index in [1.807, 2.05) is 12.1 Å². The third kappa shape index (κ3) is 4.86. The van der Waals surface area contributed by atoms with Crippen molar-refractivity contribution in [3.05, 3.63) is 64.6 Å². The largest absolute Gasteiger partial charge is 0.392 e. The molecule has 0 bridgehead atoms. The molecule has 4 rings (SSSR count). The van der Waals surface area contributed by atoms with Crippen LogP contribution in [0.15, 0.2) is 42.6 Å². The van der Waals surface area contributed by atoms with E-state index in [9.17, 15) is 19.1 Å². The average molecular weight is 445 g/mol. The van der Waals surface area contributed by atoms with Gasteiger partial charge in [-0.15, -0.1) is 0 Å². The van der Waals surface area contributed by atoms with Gasteiger partial charge in [-0.1, -0.05) is 29.8 Å². The van der Waals surface area contributed by atoms with Crippen LogP contribution >= 0.6 is 11.6 Å². The molecule has 0 spiro atoms. The van der Waals surface area contributed by atoms with Crippen LogP contribution in [-0.2, 0) is 29.3 Å². The maximum Gasteiger partial charge on any atom is 0.245 e. The van der Waals surface area contributed by atoms with Crippen molar-refractivity contribution >= 4 is 34.3 Å². The number of hydrogen-bond acceptors (Lipinski definition) is 4. The van der Waals surface area contributed by atoms with E-state index in [-0.39, 0.29) is 54.7 Å². The summed E-state index contributed by atoms with van der Waals surface area (Å²) in [5.41, 5.74) is 1.84. The third-order valence-corrected chi connectivity index (χ3v) is 5.60. The summed E-state index contributed by atoms with van der Waals surface area (Å²) in [5.74, 6) is -1.13. The van der Waals surface area contributed by atoms with Gasteiger partial charge in [0.1, 0.15) is 12.4 Å². The second-order valence-corrected chi connectivity index (χ2v) is 8.00. The van der Waals surface area contributed by atoms with Crippen LogP contribution in [0.4, 0.5) is 4.39 Å². The first-order valence-electron chi connectivity index (χ1n) is 10.0. The molecular weight excluding hydrogens is 423 g/mol. The van der Waals surface area contributed by atoms with E-state index in [4.69, 9.17) is 11.6 Å². The Balaban J connectivity index is 1.40. The fourth-order valence-corrected chi connectivity index (χ4v) is 3.67. The second-order valence-electron chi connectivity index (χ2n) is 7.60. The highest BCUT2D eigenvalue weighted by Gasteiger charge is 2.34. The summed E-state index contributed by atoms with van der Waals surface area (Å²) in [7, 11) is 0. The smallest absolute Gasteiger partial charge is 0.245 e. The Kier molecular flexibility index (Phi) is 6.20. The lowest BCUT2D eigenvalue weighted by Crippen LogP contribution is -2.43. The number of hydrogen-bond donors (Lipinski definition) is 2. The number of carbonyl (C=O) groups excluding carboxylic acids is 2. The molecular formula is C22H22ClFN4O3. The molecule has 0 atom stereocenters. The summed E-state index contributed by atoms with van der Waals surface area (Å²) in [6.07, 6.45) is 3.35. The van der Waals surface area contributed by atoms with Gasteiger partial charge in [0.05, 0.1) is 29.9 Å². The highest BCUT2D eigenvalue weighted by Crippen LogP contribution is 2.27. The van der Waals surface area contributed by atoms with E-state index in [1.54, 1.807) is 34.0 Å². The summed E-state index contributed by atoms with van der Waals surface area (Å²) < 4.78 is 15.6. The van der Waals surface area contributed by atoms with E-state index in [2.05, 4.69) is 10.4 Å². The Morgan fingerprint density at radius 3 is 2.84 bits per heavy atom. The van der Waals surface area contributed by atoms with Gasteiger partial charge in [0, 0.05) is 23.5 Å². The Labute approximate surface area is 183 Å². The molecule has 1 aliphatic carbocycles. The number of amides is 2. The fourth-order valence-electron chi connectivity index (χ4n) is 3.48. The van der Waals surface area contributed by atoms with Gasteiger partial charge in [-0.3, -0.25) is 14.3 Å². The van der Waals surface area contributed by atoms with E-state index in [0.29, 0.717) is 0 Å². The van der Waals surface area contributed by atoms with E-state index >= 15 is 0 Å². The number of carbonyl (C=O) groups is 2. The van der Waals surface area contributed by atoms with E-state index in [0.717, 1.165) is 29.3 Å². The maximum absolute atomic E-state index is 14.0. The third-order valence-electron chi connectivity index (χ3n) is 5.30. The molecule has 3 aromatic rings. The predicted molar refractivity (Wildman–Crippen MR) is 114 cm³/mol. The maximum atomic E-state index is 14.0. The first-order valence-corrected chi connectivity index (χ1v) is 10.4. The highest BCUT2D eigenvalue weighted by molar-refractivity contribution is 6.30. The number of aliphatic hydroxyl groups is 1. The van der Waals surface area contributed by atoms with Crippen molar-refractivity contribution in [3.63, 3.8) is 0 Å². The summed E-state index contributed by atoms with van der Waals surface area (Å²) in [6, 6.07) is 10.1. The van der Waals surface area contributed by atoms with Crippen LogP contribution in [0.2, 0.25) is 5.02 Å². The zero-order valence-corrected chi connectivity index (χ0v) is 17.5. The average Bonchev–Trinajstić information content (AvgIpc) is 3.54. The number of benzene rings is 2. The van der Waals surface area contributed by atoms with E-state index in [1.165, 1.54) is 6.07 Å². The minimum Gasteiger partial charge on any atom is -0.392 e. The molecule has 1 saturated carbocycles. The molecule has 0 aliphatic heterocycles. The van der Waals surface area contributed by atoms with Crippen LogP contribution in [0.1, 0.15) is 24.0 Å². The summed E-state index contributed by atoms with van der Waals surface area (Å²) in [6.45, 7) is -0.160. The number of nitrogens with one attached hydrogen (secondary N) is 1. The number of aromatic nitrogens is 2. The van der Waals surface area contributed by atoms with Gasteiger partial charge in [-0.25, -0.2) is 4.39 Å². The molecule has 1 heterocycles. The van der Waals surface area contributed by atoms with Crippen LogP contribution < -0.4 is 5.32 Å². The molecule has 1 aliphatic rings. The lowest BCUT2D eigenvalue weighted by atomic mass is 10.2. The fraction of sp³-hybridized carbons (Fsp3) is 0.318. The van der Waals surface area contributed by atoms with Crippen molar-refractivity contribution in [2.45, 2.75) is 38.6 Å². The first-order chi connectivity index (χ1) is 15.0. The Morgan fingerprint density at radius 1 is 1.29 bits per heavy atom. The minimum absolute atomic E-state index is 0.000841. The van der Waals surface area contributed by atoms with Crippen LogP contribution in [0.5, 0.6) is 0 Å². The Morgan fingerprint density at radius 2 is 2.10 bits per heavy atom. The number of rotatable bonds is 8. The van der Waals surface area contributed by atoms with Crippen molar-refractivity contribution in [2.24, 2.45) is 0 Å². The molecule has 2 aromatic carbocycles. The van der Waals surface area contributed by atoms with Gasteiger partial charge in [0.2, 0.25) is 11.8 Å². The van der Waals surface area contributed by atoms with Crippen molar-refractivity contribution < 1.29 is 19.1 Å².